The van der Waals surface area contributed by atoms with Crippen molar-refractivity contribution in [3.63, 3.8) is 0 Å². The van der Waals surface area contributed by atoms with Crippen LogP contribution in [0.25, 0.3) is 0 Å². The molecule has 1 aliphatic rings. The van der Waals surface area contributed by atoms with Crippen LogP contribution in [0.5, 0.6) is 0 Å². The van der Waals surface area contributed by atoms with Gasteiger partial charge in [0.15, 0.2) is 0 Å². The predicted molar refractivity (Wildman–Crippen MR) is 46.0 cm³/mol. The summed E-state index contributed by atoms with van der Waals surface area (Å²) < 4.78 is 0. The predicted octanol–water partition coefficient (Wildman–Crippen LogP) is 3.53. The number of hydrogen-bond donors (Lipinski definition) is 0. The van der Waals surface area contributed by atoms with E-state index in [1.807, 2.05) is 0 Å². The lowest BCUT2D eigenvalue weighted by Crippen LogP contribution is -1.95. The van der Waals surface area contributed by atoms with Gasteiger partial charge in [0.05, 0.1) is 0 Å². The minimum absolute atomic E-state index is 0.868. The fourth-order valence-corrected chi connectivity index (χ4v) is 1.82. The molecule has 0 nitrogen and oxygen atoms in total. The maximum absolute atomic E-state index is 2.36. The molecule has 0 aliphatic heterocycles. The molecule has 0 aromatic heterocycles. The second kappa shape index (κ2) is 3.80. The van der Waals surface area contributed by atoms with E-state index in [-0.39, 0.29) is 0 Å². The largest absolute Gasteiger partial charge is 0.0882 e. The van der Waals surface area contributed by atoms with Crippen LogP contribution in [0.1, 0.15) is 46.0 Å². The topological polar surface area (TPSA) is 0 Å². The third kappa shape index (κ3) is 1.86. The number of allylic oxidation sites excluding steroid dienone is 2. The van der Waals surface area contributed by atoms with Crippen molar-refractivity contribution in [1.29, 1.82) is 0 Å². The van der Waals surface area contributed by atoms with E-state index in [0.29, 0.717) is 0 Å². The molecule has 1 atom stereocenters. The molecule has 1 saturated carbocycles. The summed E-state index contributed by atoms with van der Waals surface area (Å²) in [5, 5.41) is 0. The lowest BCUT2D eigenvalue weighted by molar-refractivity contribution is 0.595. The summed E-state index contributed by atoms with van der Waals surface area (Å²) in [6, 6.07) is 0. The zero-order valence-electron chi connectivity index (χ0n) is 7.19. The van der Waals surface area contributed by atoms with Crippen LogP contribution in [0.3, 0.4) is 0 Å². The molecular weight excluding hydrogens is 120 g/mol. The van der Waals surface area contributed by atoms with E-state index in [2.05, 4.69) is 19.9 Å². The van der Waals surface area contributed by atoms with Crippen LogP contribution in [0.2, 0.25) is 0 Å². The molecule has 0 bridgehead atoms. The smallest absolute Gasteiger partial charge is 0.0232 e. The monoisotopic (exact) mass is 138 g/mol. The highest BCUT2D eigenvalue weighted by atomic mass is 14.2. The van der Waals surface area contributed by atoms with Crippen LogP contribution >= 0.6 is 0 Å². The minimum atomic E-state index is 0.868. The Bertz CT molecular complexity index is 122. The summed E-state index contributed by atoms with van der Waals surface area (Å²) >= 11 is 0. The molecule has 10 heavy (non-hydrogen) atoms. The van der Waals surface area contributed by atoms with Gasteiger partial charge in [0.2, 0.25) is 0 Å². The van der Waals surface area contributed by atoms with Crippen molar-refractivity contribution in [2.45, 2.75) is 46.0 Å². The van der Waals surface area contributed by atoms with Crippen molar-refractivity contribution in [3.05, 3.63) is 11.6 Å². The van der Waals surface area contributed by atoms with Crippen molar-refractivity contribution in [2.24, 2.45) is 5.92 Å². The van der Waals surface area contributed by atoms with Gasteiger partial charge in [-0.1, -0.05) is 31.4 Å². The Hall–Kier alpha value is -0.260. The van der Waals surface area contributed by atoms with Crippen LogP contribution in [0.15, 0.2) is 11.6 Å². The zero-order chi connectivity index (χ0) is 7.40. The molecule has 0 aromatic carbocycles. The van der Waals surface area contributed by atoms with Gasteiger partial charge in [-0.05, 0) is 32.1 Å². The van der Waals surface area contributed by atoms with Gasteiger partial charge in [-0.2, -0.15) is 0 Å². The molecule has 1 unspecified atom stereocenters. The fraction of sp³-hybridized carbons (Fsp3) is 0.800. The Balaban J connectivity index is 2.52. The maximum Gasteiger partial charge on any atom is -0.0232 e. The van der Waals surface area contributed by atoms with Gasteiger partial charge in [-0.15, -0.1) is 0 Å². The van der Waals surface area contributed by atoms with Gasteiger partial charge in [-0.25, -0.2) is 0 Å². The second-order valence-electron chi connectivity index (χ2n) is 3.36. The molecule has 1 fully saturated rings. The number of rotatable bonds is 0. The average Bonchev–Trinajstić information content (AvgIpc) is 2.13. The Morgan fingerprint density at radius 3 is 2.80 bits per heavy atom. The summed E-state index contributed by atoms with van der Waals surface area (Å²) in [4.78, 5) is 0. The van der Waals surface area contributed by atoms with Crippen LogP contribution in [0.4, 0.5) is 0 Å². The van der Waals surface area contributed by atoms with Gasteiger partial charge in [0, 0.05) is 0 Å². The molecule has 0 spiro atoms. The van der Waals surface area contributed by atoms with E-state index in [0.717, 1.165) is 5.92 Å². The second-order valence-corrected chi connectivity index (χ2v) is 3.36. The molecule has 0 amide bonds. The van der Waals surface area contributed by atoms with Crippen LogP contribution in [0, 0.1) is 5.92 Å². The van der Waals surface area contributed by atoms with Gasteiger partial charge < -0.3 is 0 Å². The molecule has 0 radical (unpaired) electrons. The van der Waals surface area contributed by atoms with Crippen molar-refractivity contribution < 1.29 is 0 Å². The Morgan fingerprint density at radius 2 is 2.10 bits per heavy atom. The summed E-state index contributed by atoms with van der Waals surface area (Å²) in [6.07, 6.45) is 9.40. The molecule has 0 aromatic rings. The first kappa shape index (κ1) is 7.84. The van der Waals surface area contributed by atoms with Gasteiger partial charge in [0.1, 0.15) is 0 Å². The SMILES string of the molecule is CC=C1CCCCCC1C. The number of hydrogen-bond acceptors (Lipinski definition) is 0. The third-order valence-corrected chi connectivity index (χ3v) is 2.61. The molecule has 0 heteroatoms. The standard InChI is InChI=1S/C10H18/c1-3-10-8-6-4-5-7-9(10)2/h3,9H,4-8H2,1-2H3. The van der Waals surface area contributed by atoms with E-state index < -0.39 is 0 Å². The van der Waals surface area contributed by atoms with Gasteiger partial charge in [-0.3, -0.25) is 0 Å². The average molecular weight is 138 g/mol. The van der Waals surface area contributed by atoms with Crippen molar-refractivity contribution >= 4 is 0 Å². The molecule has 1 aliphatic carbocycles. The zero-order valence-corrected chi connectivity index (χ0v) is 7.19. The quantitative estimate of drug-likeness (QED) is 0.355. The van der Waals surface area contributed by atoms with Crippen LogP contribution in [-0.2, 0) is 0 Å². The lowest BCUT2D eigenvalue weighted by Gasteiger charge is -2.10. The van der Waals surface area contributed by atoms with Crippen LogP contribution < -0.4 is 0 Å². The minimum Gasteiger partial charge on any atom is -0.0882 e. The summed E-state index contributed by atoms with van der Waals surface area (Å²) in [6.45, 7) is 4.54. The first-order chi connectivity index (χ1) is 4.84. The summed E-state index contributed by atoms with van der Waals surface area (Å²) in [5.41, 5.74) is 1.69. The Morgan fingerprint density at radius 1 is 1.30 bits per heavy atom. The Kier molecular flexibility index (Phi) is 2.98. The first-order valence-electron chi connectivity index (χ1n) is 4.49. The molecule has 0 N–H and O–H groups in total. The summed E-state index contributed by atoms with van der Waals surface area (Å²) in [7, 11) is 0. The fourth-order valence-electron chi connectivity index (χ4n) is 1.82. The van der Waals surface area contributed by atoms with Gasteiger partial charge >= 0.3 is 0 Å². The van der Waals surface area contributed by atoms with E-state index in [9.17, 15) is 0 Å². The highest BCUT2D eigenvalue weighted by Gasteiger charge is 2.10. The van der Waals surface area contributed by atoms with Crippen molar-refractivity contribution in [3.8, 4) is 0 Å². The summed E-state index contributed by atoms with van der Waals surface area (Å²) in [5.74, 6) is 0.868. The van der Waals surface area contributed by atoms with E-state index in [1.165, 1.54) is 32.1 Å². The first-order valence-corrected chi connectivity index (χ1v) is 4.49. The van der Waals surface area contributed by atoms with E-state index in [1.54, 1.807) is 5.57 Å². The van der Waals surface area contributed by atoms with Crippen molar-refractivity contribution in [2.75, 3.05) is 0 Å². The molecule has 0 saturated heterocycles. The highest BCUT2D eigenvalue weighted by molar-refractivity contribution is 5.05. The van der Waals surface area contributed by atoms with E-state index >= 15 is 0 Å². The molecule has 1 rings (SSSR count). The molecule has 0 heterocycles. The maximum atomic E-state index is 2.36. The van der Waals surface area contributed by atoms with E-state index in [4.69, 9.17) is 0 Å². The highest BCUT2D eigenvalue weighted by Crippen LogP contribution is 2.27. The third-order valence-electron chi connectivity index (χ3n) is 2.61. The van der Waals surface area contributed by atoms with Crippen molar-refractivity contribution in [1.82, 2.24) is 0 Å². The molecular formula is C10H18. The van der Waals surface area contributed by atoms with Gasteiger partial charge in [0.25, 0.3) is 0 Å². The lowest BCUT2D eigenvalue weighted by atomic mass is 9.96. The normalized spacial score (nSPS) is 32.2. The van der Waals surface area contributed by atoms with Crippen LogP contribution in [-0.4, -0.2) is 0 Å². The molecule has 58 valence electrons. The Labute approximate surface area is 64.3 Å².